The van der Waals surface area contributed by atoms with Gasteiger partial charge < -0.3 is 9.47 Å². The number of nitrogens with zero attached hydrogens (tertiary/aromatic N) is 1. The Morgan fingerprint density at radius 2 is 1.57 bits per heavy atom. The standard InChI is InChI=1S/C28H23NO5S/c1-18-7-13-23(14-8-18)35(31,32)29-17-26(24-5-4-6-25(27(24)29)28(30)34-3)21-10-9-20-16-22(33-2)12-11-19(20)15-21/h4-17H,1-3H3. The van der Waals surface area contributed by atoms with Crippen molar-refractivity contribution in [3.05, 3.63) is 96.2 Å². The second-order valence-electron chi connectivity index (χ2n) is 8.28. The van der Waals surface area contributed by atoms with Gasteiger partial charge in [0.25, 0.3) is 10.0 Å². The zero-order valence-electron chi connectivity index (χ0n) is 19.5. The lowest BCUT2D eigenvalue weighted by atomic mass is 10.00. The zero-order chi connectivity index (χ0) is 24.7. The molecule has 5 aromatic rings. The monoisotopic (exact) mass is 485 g/mol. The number of fused-ring (bicyclic) bond motifs is 2. The number of aryl methyl sites for hydroxylation is 1. The van der Waals surface area contributed by atoms with E-state index in [0.29, 0.717) is 10.9 Å². The molecular formula is C28H23NO5S. The maximum absolute atomic E-state index is 13.7. The molecule has 35 heavy (non-hydrogen) atoms. The molecule has 0 aliphatic rings. The molecule has 0 saturated heterocycles. The molecule has 5 rings (SSSR count). The third kappa shape index (κ3) is 3.84. The topological polar surface area (TPSA) is 74.6 Å². The quantitative estimate of drug-likeness (QED) is 0.294. The molecule has 0 fully saturated rings. The number of hydrogen-bond donors (Lipinski definition) is 0. The van der Waals surface area contributed by atoms with Crippen LogP contribution in [0.4, 0.5) is 0 Å². The van der Waals surface area contributed by atoms with Crippen molar-refractivity contribution < 1.29 is 22.7 Å². The van der Waals surface area contributed by atoms with Gasteiger partial charge in [-0.15, -0.1) is 0 Å². The maximum atomic E-state index is 13.7. The fraction of sp³-hybridized carbons (Fsp3) is 0.107. The van der Waals surface area contributed by atoms with E-state index in [1.165, 1.54) is 11.1 Å². The smallest absolute Gasteiger partial charge is 0.340 e. The molecule has 7 heteroatoms. The van der Waals surface area contributed by atoms with Gasteiger partial charge in [-0.1, -0.05) is 48.0 Å². The Balaban J connectivity index is 1.80. The predicted octanol–water partition coefficient (Wildman–Crippen LogP) is 5.80. The van der Waals surface area contributed by atoms with Crippen LogP contribution in [0.15, 0.2) is 90.0 Å². The van der Waals surface area contributed by atoms with Gasteiger partial charge in [-0.25, -0.2) is 17.2 Å². The molecule has 0 N–H and O–H groups in total. The number of hydrogen-bond acceptors (Lipinski definition) is 5. The molecule has 0 unspecified atom stereocenters. The molecule has 0 saturated carbocycles. The van der Waals surface area contributed by atoms with Crippen molar-refractivity contribution in [3.63, 3.8) is 0 Å². The van der Waals surface area contributed by atoms with Crippen molar-refractivity contribution in [2.75, 3.05) is 14.2 Å². The minimum atomic E-state index is -3.99. The van der Waals surface area contributed by atoms with Crippen molar-refractivity contribution in [2.45, 2.75) is 11.8 Å². The molecule has 1 heterocycles. The van der Waals surface area contributed by atoms with E-state index in [9.17, 15) is 13.2 Å². The molecule has 0 aliphatic carbocycles. The predicted molar refractivity (Wildman–Crippen MR) is 137 cm³/mol. The van der Waals surface area contributed by atoms with Crippen LogP contribution < -0.4 is 4.74 Å². The molecule has 176 valence electrons. The first-order valence-corrected chi connectivity index (χ1v) is 12.4. The molecular weight excluding hydrogens is 462 g/mol. The van der Waals surface area contributed by atoms with Gasteiger partial charge in [0.1, 0.15) is 5.75 Å². The van der Waals surface area contributed by atoms with Crippen molar-refractivity contribution in [1.82, 2.24) is 3.97 Å². The number of para-hydroxylation sites is 1. The summed E-state index contributed by atoms with van der Waals surface area (Å²) in [6, 6.07) is 23.4. The lowest BCUT2D eigenvalue weighted by Crippen LogP contribution is -2.14. The summed E-state index contributed by atoms with van der Waals surface area (Å²) >= 11 is 0. The highest BCUT2D eigenvalue weighted by atomic mass is 32.2. The van der Waals surface area contributed by atoms with E-state index in [1.807, 2.05) is 49.4 Å². The van der Waals surface area contributed by atoms with E-state index in [2.05, 4.69) is 0 Å². The summed E-state index contributed by atoms with van der Waals surface area (Å²) in [4.78, 5) is 12.8. The summed E-state index contributed by atoms with van der Waals surface area (Å²) in [5.41, 5.74) is 2.93. The Morgan fingerprint density at radius 3 is 2.29 bits per heavy atom. The summed E-state index contributed by atoms with van der Waals surface area (Å²) in [6.45, 7) is 1.89. The molecule has 0 radical (unpaired) electrons. The normalized spacial score (nSPS) is 11.6. The minimum absolute atomic E-state index is 0.136. The SMILES string of the molecule is COC(=O)c1cccc2c(-c3ccc4cc(OC)ccc4c3)cn(S(=O)(=O)c3ccc(C)cc3)c12. The van der Waals surface area contributed by atoms with Gasteiger partial charge >= 0.3 is 5.97 Å². The zero-order valence-corrected chi connectivity index (χ0v) is 20.3. The second kappa shape index (κ2) is 8.60. The van der Waals surface area contributed by atoms with Crippen LogP contribution in [0, 0.1) is 6.92 Å². The number of carbonyl (C=O) groups is 1. The number of esters is 1. The van der Waals surface area contributed by atoms with E-state index in [0.717, 1.165) is 27.6 Å². The number of aromatic nitrogens is 1. The minimum Gasteiger partial charge on any atom is -0.497 e. The molecule has 0 bridgehead atoms. The summed E-state index contributed by atoms with van der Waals surface area (Å²) in [6.07, 6.45) is 1.58. The number of methoxy groups -OCH3 is 2. The molecule has 0 aliphatic heterocycles. The Hall–Kier alpha value is -4.10. The van der Waals surface area contributed by atoms with Gasteiger partial charge in [-0.3, -0.25) is 0 Å². The van der Waals surface area contributed by atoms with Gasteiger partial charge in [-0.2, -0.15) is 0 Å². The van der Waals surface area contributed by atoms with E-state index in [4.69, 9.17) is 9.47 Å². The second-order valence-corrected chi connectivity index (χ2v) is 10.1. The van der Waals surface area contributed by atoms with Gasteiger partial charge in [0.05, 0.1) is 30.2 Å². The van der Waals surface area contributed by atoms with Crippen molar-refractivity contribution in [3.8, 4) is 16.9 Å². The average Bonchev–Trinajstić information content (AvgIpc) is 3.28. The van der Waals surface area contributed by atoms with Crippen LogP contribution in [0.3, 0.4) is 0 Å². The highest BCUT2D eigenvalue weighted by molar-refractivity contribution is 7.90. The highest BCUT2D eigenvalue weighted by Crippen LogP contribution is 2.36. The van der Waals surface area contributed by atoms with Gasteiger partial charge in [-0.05, 0) is 59.7 Å². The van der Waals surface area contributed by atoms with Crippen LogP contribution in [0.2, 0.25) is 0 Å². The molecule has 0 spiro atoms. The Kier molecular flexibility index (Phi) is 5.57. The lowest BCUT2D eigenvalue weighted by Gasteiger charge is -2.10. The van der Waals surface area contributed by atoms with Crippen LogP contribution in [0.5, 0.6) is 5.75 Å². The van der Waals surface area contributed by atoms with Crippen LogP contribution in [0.1, 0.15) is 15.9 Å². The average molecular weight is 486 g/mol. The number of benzene rings is 4. The Bertz CT molecular complexity index is 1700. The third-order valence-electron chi connectivity index (χ3n) is 6.13. The number of rotatable bonds is 5. The maximum Gasteiger partial charge on any atom is 0.340 e. The fourth-order valence-electron chi connectivity index (χ4n) is 4.29. The Morgan fingerprint density at radius 1 is 0.857 bits per heavy atom. The van der Waals surface area contributed by atoms with E-state index in [-0.39, 0.29) is 16.0 Å². The summed E-state index contributed by atoms with van der Waals surface area (Å²) in [5, 5.41) is 2.62. The van der Waals surface area contributed by atoms with Crippen LogP contribution >= 0.6 is 0 Å². The van der Waals surface area contributed by atoms with Crippen molar-refractivity contribution in [2.24, 2.45) is 0 Å². The van der Waals surface area contributed by atoms with E-state index < -0.39 is 16.0 Å². The summed E-state index contributed by atoms with van der Waals surface area (Å²) in [7, 11) is -1.09. The highest BCUT2D eigenvalue weighted by Gasteiger charge is 2.26. The first-order valence-electron chi connectivity index (χ1n) is 11.0. The van der Waals surface area contributed by atoms with Gasteiger partial charge in [0, 0.05) is 17.1 Å². The van der Waals surface area contributed by atoms with Crippen LogP contribution in [0.25, 0.3) is 32.8 Å². The van der Waals surface area contributed by atoms with E-state index in [1.54, 1.807) is 49.7 Å². The lowest BCUT2D eigenvalue weighted by molar-refractivity contribution is 0.0602. The molecule has 0 amide bonds. The molecule has 0 atom stereocenters. The van der Waals surface area contributed by atoms with Gasteiger partial charge in [0.15, 0.2) is 0 Å². The first kappa shape index (κ1) is 22.7. The molecule has 4 aromatic carbocycles. The van der Waals surface area contributed by atoms with Crippen LogP contribution in [-0.2, 0) is 14.8 Å². The number of ether oxygens (including phenoxy) is 2. The van der Waals surface area contributed by atoms with E-state index >= 15 is 0 Å². The fourth-order valence-corrected chi connectivity index (χ4v) is 5.67. The first-order chi connectivity index (χ1) is 16.8. The van der Waals surface area contributed by atoms with Gasteiger partial charge in [0.2, 0.25) is 0 Å². The third-order valence-corrected chi connectivity index (χ3v) is 7.81. The Labute approximate surface area is 203 Å². The summed E-state index contributed by atoms with van der Waals surface area (Å²) < 4.78 is 39.0. The molecule has 1 aromatic heterocycles. The van der Waals surface area contributed by atoms with Crippen LogP contribution in [-0.4, -0.2) is 32.6 Å². The summed E-state index contributed by atoms with van der Waals surface area (Å²) in [5.74, 6) is 0.153. The number of carbonyl (C=O) groups excluding carboxylic acids is 1. The molecule has 6 nitrogen and oxygen atoms in total. The largest absolute Gasteiger partial charge is 0.497 e. The van der Waals surface area contributed by atoms with Crippen molar-refractivity contribution in [1.29, 1.82) is 0 Å². The van der Waals surface area contributed by atoms with Crippen molar-refractivity contribution >= 4 is 37.7 Å².